The molecule has 1 N–H and O–H groups in total. The van der Waals surface area contributed by atoms with Crippen molar-refractivity contribution in [3.05, 3.63) is 29.8 Å². The molecule has 0 amide bonds. The lowest BCUT2D eigenvalue weighted by molar-refractivity contribution is -0.125. The average Bonchev–Trinajstić information content (AvgIpc) is 2.25. The maximum atomic E-state index is 11.8. The Bertz CT molecular complexity index is 505. The van der Waals surface area contributed by atoms with Crippen LogP contribution in [-0.4, -0.2) is 20.2 Å². The predicted molar refractivity (Wildman–Crippen MR) is 59.5 cm³/mol. The highest BCUT2D eigenvalue weighted by atomic mass is 32.2. The van der Waals surface area contributed by atoms with Gasteiger partial charge in [-0.3, -0.25) is 4.79 Å². The number of hydrogen-bond acceptors (Lipinski definition) is 3. The number of aryl methyl sites for hydroxylation is 1. The molecular formula is C11H13NO3S. The number of carbonyl (C=O) groups excluding carboxylic acids is 1. The Morgan fingerprint density at radius 2 is 1.88 bits per heavy atom. The molecule has 1 saturated carbocycles. The fraction of sp³-hybridized carbons (Fsp3) is 0.364. The number of rotatable bonds is 3. The number of Topliss-reactive ketones (excluding diaryl/α,β-unsaturated/α-hetero) is 1. The molecule has 1 fully saturated rings. The van der Waals surface area contributed by atoms with Gasteiger partial charge in [0.2, 0.25) is 10.0 Å². The van der Waals surface area contributed by atoms with Crippen LogP contribution in [0.5, 0.6) is 0 Å². The quantitative estimate of drug-likeness (QED) is 0.856. The zero-order valence-corrected chi connectivity index (χ0v) is 9.75. The molecule has 4 nitrogen and oxygen atoms in total. The first kappa shape index (κ1) is 11.3. The van der Waals surface area contributed by atoms with Gasteiger partial charge in [-0.05, 0) is 25.5 Å². The van der Waals surface area contributed by atoms with Gasteiger partial charge in [-0.25, -0.2) is 13.1 Å². The van der Waals surface area contributed by atoms with Crippen molar-refractivity contribution in [2.24, 2.45) is 0 Å². The van der Waals surface area contributed by atoms with Gasteiger partial charge in [0, 0.05) is 6.42 Å². The van der Waals surface area contributed by atoms with Crippen LogP contribution < -0.4 is 4.72 Å². The first-order valence-electron chi connectivity index (χ1n) is 5.11. The third kappa shape index (κ3) is 2.15. The van der Waals surface area contributed by atoms with E-state index in [2.05, 4.69) is 4.72 Å². The molecule has 0 aliphatic heterocycles. The van der Waals surface area contributed by atoms with Crippen molar-refractivity contribution in [2.75, 3.05) is 0 Å². The Labute approximate surface area is 94.7 Å². The molecule has 0 aromatic heterocycles. The summed E-state index contributed by atoms with van der Waals surface area (Å²) >= 11 is 0. The van der Waals surface area contributed by atoms with E-state index in [0.717, 1.165) is 5.56 Å². The first-order valence-corrected chi connectivity index (χ1v) is 6.59. The summed E-state index contributed by atoms with van der Waals surface area (Å²) < 4.78 is 26.1. The minimum Gasteiger partial charge on any atom is -0.298 e. The van der Waals surface area contributed by atoms with E-state index in [4.69, 9.17) is 0 Å². The van der Waals surface area contributed by atoms with Crippen LogP contribution in [0.2, 0.25) is 0 Å². The molecule has 0 spiro atoms. The Morgan fingerprint density at radius 3 is 2.31 bits per heavy atom. The molecule has 0 saturated heterocycles. The van der Waals surface area contributed by atoms with Crippen LogP contribution in [0, 0.1) is 6.92 Å². The molecule has 2 rings (SSSR count). The standard InChI is InChI=1S/C11H13NO3S/c1-8-2-4-9(5-3-8)16(14,15)12-10-6-7-11(10)13/h2-5,10,12H,6-7H2,1H3. The summed E-state index contributed by atoms with van der Waals surface area (Å²) in [5.74, 6) is -0.0318. The van der Waals surface area contributed by atoms with Crippen LogP contribution in [0.3, 0.4) is 0 Å². The third-order valence-electron chi connectivity index (χ3n) is 2.70. The second kappa shape index (κ2) is 3.99. The molecule has 5 heteroatoms. The molecule has 1 aromatic carbocycles. The fourth-order valence-corrected chi connectivity index (χ4v) is 2.76. The van der Waals surface area contributed by atoms with Gasteiger partial charge in [0.05, 0.1) is 10.9 Å². The van der Waals surface area contributed by atoms with E-state index in [-0.39, 0.29) is 10.7 Å². The topological polar surface area (TPSA) is 63.2 Å². The SMILES string of the molecule is Cc1ccc(S(=O)(=O)NC2CCC2=O)cc1. The second-order valence-electron chi connectivity index (χ2n) is 3.99. The molecule has 1 aromatic rings. The molecule has 1 aliphatic rings. The highest BCUT2D eigenvalue weighted by Gasteiger charge is 2.32. The van der Waals surface area contributed by atoms with E-state index < -0.39 is 16.1 Å². The lowest BCUT2D eigenvalue weighted by atomic mass is 9.92. The number of ketones is 1. The number of hydrogen-bond donors (Lipinski definition) is 1. The summed E-state index contributed by atoms with van der Waals surface area (Å²) in [5.41, 5.74) is 0.999. The smallest absolute Gasteiger partial charge is 0.241 e. The zero-order chi connectivity index (χ0) is 11.8. The maximum absolute atomic E-state index is 11.8. The minimum atomic E-state index is -3.54. The highest BCUT2D eigenvalue weighted by molar-refractivity contribution is 7.89. The summed E-state index contributed by atoms with van der Waals surface area (Å²) in [6.07, 6.45) is 1.07. The molecule has 0 radical (unpaired) electrons. The summed E-state index contributed by atoms with van der Waals surface area (Å²) in [6.45, 7) is 1.89. The van der Waals surface area contributed by atoms with Gasteiger partial charge in [-0.2, -0.15) is 0 Å². The van der Waals surface area contributed by atoms with Crippen LogP contribution >= 0.6 is 0 Å². The number of nitrogens with one attached hydrogen (secondary N) is 1. The van der Waals surface area contributed by atoms with Crippen LogP contribution in [0.15, 0.2) is 29.2 Å². The van der Waals surface area contributed by atoms with Gasteiger partial charge in [0.25, 0.3) is 0 Å². The van der Waals surface area contributed by atoms with Crippen molar-refractivity contribution in [1.29, 1.82) is 0 Å². The maximum Gasteiger partial charge on any atom is 0.241 e. The summed E-state index contributed by atoms with van der Waals surface area (Å²) in [4.78, 5) is 11.3. The van der Waals surface area contributed by atoms with E-state index in [1.54, 1.807) is 24.3 Å². The minimum absolute atomic E-state index is 0.0318. The number of benzene rings is 1. The van der Waals surface area contributed by atoms with Gasteiger partial charge in [0.15, 0.2) is 5.78 Å². The molecule has 16 heavy (non-hydrogen) atoms. The molecule has 1 unspecified atom stereocenters. The van der Waals surface area contributed by atoms with E-state index in [1.807, 2.05) is 6.92 Å². The zero-order valence-electron chi connectivity index (χ0n) is 8.93. The van der Waals surface area contributed by atoms with Crippen molar-refractivity contribution in [3.63, 3.8) is 0 Å². The Balaban J connectivity index is 2.18. The van der Waals surface area contributed by atoms with Gasteiger partial charge < -0.3 is 0 Å². The monoisotopic (exact) mass is 239 g/mol. The van der Waals surface area contributed by atoms with Gasteiger partial charge in [0.1, 0.15) is 0 Å². The van der Waals surface area contributed by atoms with E-state index in [9.17, 15) is 13.2 Å². The van der Waals surface area contributed by atoms with Crippen LogP contribution in [0.25, 0.3) is 0 Å². The normalized spacial score (nSPS) is 20.6. The van der Waals surface area contributed by atoms with Gasteiger partial charge >= 0.3 is 0 Å². The fourth-order valence-electron chi connectivity index (χ4n) is 1.50. The molecule has 0 bridgehead atoms. The summed E-state index contributed by atoms with van der Waals surface area (Å²) in [6, 6.07) is 6.03. The Kier molecular flexibility index (Phi) is 2.82. The molecule has 1 aliphatic carbocycles. The van der Waals surface area contributed by atoms with Crippen LogP contribution in [0.4, 0.5) is 0 Å². The Hall–Kier alpha value is -1.20. The molecule has 0 heterocycles. The third-order valence-corrected chi connectivity index (χ3v) is 4.18. The first-order chi connectivity index (χ1) is 7.49. The lowest BCUT2D eigenvalue weighted by Gasteiger charge is -2.24. The Morgan fingerprint density at radius 1 is 1.25 bits per heavy atom. The van der Waals surface area contributed by atoms with Crippen molar-refractivity contribution in [2.45, 2.75) is 30.7 Å². The van der Waals surface area contributed by atoms with Crippen LogP contribution in [0.1, 0.15) is 18.4 Å². The van der Waals surface area contributed by atoms with Crippen molar-refractivity contribution >= 4 is 15.8 Å². The van der Waals surface area contributed by atoms with Crippen molar-refractivity contribution < 1.29 is 13.2 Å². The van der Waals surface area contributed by atoms with Crippen LogP contribution in [-0.2, 0) is 14.8 Å². The summed E-state index contributed by atoms with van der Waals surface area (Å²) in [5, 5.41) is 0. The van der Waals surface area contributed by atoms with E-state index in [0.29, 0.717) is 12.8 Å². The number of sulfonamides is 1. The highest BCUT2D eigenvalue weighted by Crippen LogP contribution is 2.18. The average molecular weight is 239 g/mol. The van der Waals surface area contributed by atoms with E-state index in [1.165, 1.54) is 0 Å². The molecule has 86 valence electrons. The molecular weight excluding hydrogens is 226 g/mol. The summed E-state index contributed by atoms with van der Waals surface area (Å²) in [7, 11) is -3.54. The molecule has 1 atom stereocenters. The largest absolute Gasteiger partial charge is 0.298 e. The van der Waals surface area contributed by atoms with Crippen molar-refractivity contribution in [1.82, 2.24) is 4.72 Å². The number of carbonyl (C=O) groups is 1. The second-order valence-corrected chi connectivity index (χ2v) is 5.71. The van der Waals surface area contributed by atoms with E-state index >= 15 is 0 Å². The lowest BCUT2D eigenvalue weighted by Crippen LogP contribution is -2.47. The predicted octanol–water partition coefficient (Wildman–Crippen LogP) is 1.00. The van der Waals surface area contributed by atoms with Crippen molar-refractivity contribution in [3.8, 4) is 0 Å². The van der Waals surface area contributed by atoms with Gasteiger partial charge in [-0.15, -0.1) is 0 Å². The van der Waals surface area contributed by atoms with Gasteiger partial charge in [-0.1, -0.05) is 17.7 Å².